The molecule has 0 aromatic heterocycles. The third kappa shape index (κ3) is 3.31. The molecule has 0 spiro atoms. The molecule has 0 radical (unpaired) electrons. The van der Waals surface area contributed by atoms with Crippen molar-refractivity contribution >= 4 is 17.4 Å². The van der Waals surface area contributed by atoms with Gasteiger partial charge in [-0.05, 0) is 37.3 Å². The van der Waals surface area contributed by atoms with Crippen molar-refractivity contribution in [2.24, 2.45) is 0 Å². The van der Waals surface area contributed by atoms with Gasteiger partial charge in [0.25, 0.3) is 0 Å². The Labute approximate surface area is 123 Å². The molecule has 0 aliphatic carbocycles. The summed E-state index contributed by atoms with van der Waals surface area (Å²) in [5.41, 5.74) is 1.40. The molecule has 0 atom stereocenters. The van der Waals surface area contributed by atoms with E-state index in [-0.39, 0.29) is 12.4 Å². The lowest BCUT2D eigenvalue weighted by Gasteiger charge is -2.12. The highest BCUT2D eigenvalue weighted by Crippen LogP contribution is 2.25. The van der Waals surface area contributed by atoms with Gasteiger partial charge < -0.3 is 9.47 Å². The van der Waals surface area contributed by atoms with Crippen molar-refractivity contribution in [3.05, 3.63) is 58.6 Å². The third-order valence-corrected chi connectivity index (χ3v) is 3.13. The molecule has 3 nitrogen and oxygen atoms in total. The summed E-state index contributed by atoms with van der Waals surface area (Å²) in [5, 5.41) is 0.615. The minimum Gasteiger partial charge on any atom is -0.496 e. The second-order valence-corrected chi connectivity index (χ2v) is 4.73. The predicted molar refractivity (Wildman–Crippen MR) is 78.8 cm³/mol. The summed E-state index contributed by atoms with van der Waals surface area (Å²) < 4.78 is 11.0. The zero-order valence-electron chi connectivity index (χ0n) is 11.4. The Kier molecular flexibility index (Phi) is 4.64. The second kappa shape index (κ2) is 6.44. The molecule has 0 heterocycles. The molecular formula is C16H15ClO3. The summed E-state index contributed by atoms with van der Waals surface area (Å²) in [6, 6.07) is 12.5. The number of Topliss-reactive ketones (excluding diaryl/α,β-unsaturated/α-hetero) is 1. The molecule has 0 amide bonds. The number of benzene rings is 2. The predicted octanol–water partition coefficient (Wildman–Crippen LogP) is 4.13. The van der Waals surface area contributed by atoms with Crippen molar-refractivity contribution < 1.29 is 14.3 Å². The molecule has 4 heteroatoms. The highest BCUT2D eigenvalue weighted by atomic mass is 35.5. The lowest BCUT2D eigenvalue weighted by Crippen LogP contribution is -2.02. The van der Waals surface area contributed by atoms with Crippen LogP contribution in [0, 0.1) is 0 Å². The van der Waals surface area contributed by atoms with E-state index in [0.29, 0.717) is 22.1 Å². The lowest BCUT2D eigenvalue weighted by molar-refractivity contribution is 0.101. The Hall–Kier alpha value is -2.00. The van der Waals surface area contributed by atoms with Crippen LogP contribution >= 0.6 is 11.6 Å². The molecule has 2 aromatic carbocycles. The first-order chi connectivity index (χ1) is 9.61. The number of ketones is 1. The van der Waals surface area contributed by atoms with Crippen LogP contribution in [0.4, 0.5) is 0 Å². The molecule has 0 aliphatic rings. The Morgan fingerprint density at radius 1 is 1.15 bits per heavy atom. The SMILES string of the molecule is COc1ccc(Cl)cc1COc1ccccc1C(C)=O. The molecule has 2 aromatic rings. The number of halogens is 1. The first-order valence-electron chi connectivity index (χ1n) is 6.17. The Morgan fingerprint density at radius 2 is 1.90 bits per heavy atom. The van der Waals surface area contributed by atoms with Crippen molar-refractivity contribution in [3.8, 4) is 11.5 Å². The van der Waals surface area contributed by atoms with E-state index in [1.807, 2.05) is 12.1 Å². The van der Waals surface area contributed by atoms with Gasteiger partial charge in [0.15, 0.2) is 5.78 Å². The molecule has 20 heavy (non-hydrogen) atoms. The number of ether oxygens (including phenoxy) is 2. The maximum Gasteiger partial charge on any atom is 0.163 e. The van der Waals surface area contributed by atoms with E-state index in [1.54, 1.807) is 37.4 Å². The zero-order valence-corrected chi connectivity index (χ0v) is 12.1. The number of methoxy groups -OCH3 is 1. The number of para-hydroxylation sites is 1. The first kappa shape index (κ1) is 14.4. The average molecular weight is 291 g/mol. The smallest absolute Gasteiger partial charge is 0.163 e. The molecule has 0 saturated carbocycles. The standard InChI is InChI=1S/C16H15ClO3/c1-11(18)14-5-3-4-6-16(14)20-10-12-9-13(17)7-8-15(12)19-2/h3-9H,10H2,1-2H3. The number of hydrogen-bond acceptors (Lipinski definition) is 3. The summed E-state index contributed by atoms with van der Waals surface area (Å²) in [4.78, 5) is 11.5. The van der Waals surface area contributed by atoms with E-state index < -0.39 is 0 Å². The molecule has 2 rings (SSSR count). The van der Waals surface area contributed by atoms with Crippen LogP contribution < -0.4 is 9.47 Å². The Bertz CT molecular complexity index is 623. The van der Waals surface area contributed by atoms with E-state index in [4.69, 9.17) is 21.1 Å². The van der Waals surface area contributed by atoms with Gasteiger partial charge in [-0.25, -0.2) is 0 Å². The minimum absolute atomic E-state index is 0.0290. The summed E-state index contributed by atoms with van der Waals surface area (Å²) in [6.07, 6.45) is 0. The van der Waals surface area contributed by atoms with Crippen LogP contribution in [-0.4, -0.2) is 12.9 Å². The second-order valence-electron chi connectivity index (χ2n) is 4.30. The van der Waals surface area contributed by atoms with Gasteiger partial charge in [0.1, 0.15) is 18.1 Å². The minimum atomic E-state index is -0.0290. The van der Waals surface area contributed by atoms with Crippen molar-refractivity contribution in [2.75, 3.05) is 7.11 Å². The summed E-state index contributed by atoms with van der Waals surface area (Å²) in [5.74, 6) is 1.23. The van der Waals surface area contributed by atoms with Crippen molar-refractivity contribution in [2.45, 2.75) is 13.5 Å². The molecule has 0 bridgehead atoms. The molecular weight excluding hydrogens is 276 g/mol. The van der Waals surface area contributed by atoms with Crippen LogP contribution in [-0.2, 0) is 6.61 Å². The highest BCUT2D eigenvalue weighted by molar-refractivity contribution is 6.30. The largest absolute Gasteiger partial charge is 0.496 e. The molecule has 0 fully saturated rings. The number of hydrogen-bond donors (Lipinski definition) is 0. The fourth-order valence-corrected chi connectivity index (χ4v) is 2.09. The van der Waals surface area contributed by atoms with E-state index in [0.717, 1.165) is 5.56 Å². The maximum absolute atomic E-state index is 11.5. The molecule has 0 unspecified atom stereocenters. The fourth-order valence-electron chi connectivity index (χ4n) is 1.90. The van der Waals surface area contributed by atoms with Crippen molar-refractivity contribution in [1.29, 1.82) is 0 Å². The Balaban J connectivity index is 2.21. The maximum atomic E-state index is 11.5. The van der Waals surface area contributed by atoms with Crippen LogP contribution in [0.2, 0.25) is 5.02 Å². The zero-order chi connectivity index (χ0) is 14.5. The third-order valence-electron chi connectivity index (χ3n) is 2.89. The van der Waals surface area contributed by atoms with Crippen molar-refractivity contribution in [3.63, 3.8) is 0 Å². The number of carbonyl (C=O) groups is 1. The van der Waals surface area contributed by atoms with Crippen LogP contribution in [0.25, 0.3) is 0 Å². The van der Waals surface area contributed by atoms with Gasteiger partial charge >= 0.3 is 0 Å². The molecule has 104 valence electrons. The van der Waals surface area contributed by atoms with Gasteiger partial charge in [-0.15, -0.1) is 0 Å². The molecule has 0 saturated heterocycles. The van der Waals surface area contributed by atoms with Gasteiger partial charge in [-0.3, -0.25) is 4.79 Å². The van der Waals surface area contributed by atoms with E-state index in [1.165, 1.54) is 6.92 Å². The molecule has 0 N–H and O–H groups in total. The number of rotatable bonds is 5. The highest BCUT2D eigenvalue weighted by Gasteiger charge is 2.09. The summed E-state index contributed by atoms with van der Waals surface area (Å²) >= 11 is 5.97. The van der Waals surface area contributed by atoms with Crippen LogP contribution in [0.5, 0.6) is 11.5 Å². The van der Waals surface area contributed by atoms with Gasteiger partial charge in [0.05, 0.1) is 12.7 Å². The topological polar surface area (TPSA) is 35.5 Å². The van der Waals surface area contributed by atoms with Crippen LogP contribution in [0.15, 0.2) is 42.5 Å². The van der Waals surface area contributed by atoms with Gasteiger partial charge in [-0.2, -0.15) is 0 Å². The summed E-state index contributed by atoms with van der Waals surface area (Å²) in [6.45, 7) is 1.80. The molecule has 0 aliphatic heterocycles. The fraction of sp³-hybridized carbons (Fsp3) is 0.188. The number of carbonyl (C=O) groups excluding carboxylic acids is 1. The lowest BCUT2D eigenvalue weighted by atomic mass is 10.1. The van der Waals surface area contributed by atoms with Crippen LogP contribution in [0.3, 0.4) is 0 Å². The van der Waals surface area contributed by atoms with Crippen molar-refractivity contribution in [1.82, 2.24) is 0 Å². The first-order valence-corrected chi connectivity index (χ1v) is 6.55. The van der Waals surface area contributed by atoms with Gasteiger partial charge in [0.2, 0.25) is 0 Å². The quantitative estimate of drug-likeness (QED) is 0.777. The van der Waals surface area contributed by atoms with E-state index in [2.05, 4.69) is 0 Å². The summed E-state index contributed by atoms with van der Waals surface area (Å²) in [7, 11) is 1.59. The van der Waals surface area contributed by atoms with E-state index in [9.17, 15) is 4.79 Å². The average Bonchev–Trinajstić information content (AvgIpc) is 2.45. The monoisotopic (exact) mass is 290 g/mol. The van der Waals surface area contributed by atoms with Gasteiger partial charge in [0, 0.05) is 10.6 Å². The Morgan fingerprint density at radius 3 is 2.60 bits per heavy atom. The van der Waals surface area contributed by atoms with Crippen LogP contribution in [0.1, 0.15) is 22.8 Å². The normalized spacial score (nSPS) is 10.2. The van der Waals surface area contributed by atoms with Gasteiger partial charge in [-0.1, -0.05) is 23.7 Å². The van der Waals surface area contributed by atoms with E-state index >= 15 is 0 Å².